The van der Waals surface area contributed by atoms with Crippen molar-refractivity contribution in [3.8, 4) is 0 Å². The quantitative estimate of drug-likeness (QED) is 0.220. The summed E-state index contributed by atoms with van der Waals surface area (Å²) in [6, 6.07) is 0. The first kappa shape index (κ1) is 32.9. The first-order chi connectivity index (χ1) is 19.7. The van der Waals surface area contributed by atoms with Crippen LogP contribution in [-0.4, -0.2) is 131 Å². The van der Waals surface area contributed by atoms with E-state index in [9.17, 15) is 30.3 Å². The van der Waals surface area contributed by atoms with E-state index in [1.807, 2.05) is 6.92 Å². The van der Waals surface area contributed by atoms with E-state index < -0.39 is 86.3 Å². The van der Waals surface area contributed by atoms with Gasteiger partial charge in [0.2, 0.25) is 5.91 Å². The molecule has 4 rings (SSSR count). The molecular weight excluding hydrogens is 542 g/mol. The number of amides is 1. The maximum absolute atomic E-state index is 12.6. The first-order valence-corrected chi connectivity index (χ1v) is 15.1. The third kappa shape index (κ3) is 7.58. The van der Waals surface area contributed by atoms with Crippen molar-refractivity contribution in [3.63, 3.8) is 0 Å². The van der Waals surface area contributed by atoms with Gasteiger partial charge < -0.3 is 59.3 Å². The molecule has 0 radical (unpaired) electrons. The molecule has 4 fully saturated rings. The average Bonchev–Trinajstić information content (AvgIpc) is 2.98. The van der Waals surface area contributed by atoms with Crippen LogP contribution in [0, 0.1) is 5.92 Å². The van der Waals surface area contributed by atoms with Gasteiger partial charge in [-0.05, 0) is 38.5 Å². The van der Waals surface area contributed by atoms with Gasteiger partial charge in [-0.15, -0.1) is 0 Å². The highest BCUT2D eigenvalue weighted by Gasteiger charge is 2.51. The summed E-state index contributed by atoms with van der Waals surface area (Å²) in [5.74, 6) is -0.263. The maximum atomic E-state index is 12.6. The van der Waals surface area contributed by atoms with Gasteiger partial charge in [-0.2, -0.15) is 0 Å². The summed E-state index contributed by atoms with van der Waals surface area (Å²) < 4.78 is 37.0. The Balaban J connectivity index is 1.57. The summed E-state index contributed by atoms with van der Waals surface area (Å²) in [7, 11) is 1.53. The van der Waals surface area contributed by atoms with Crippen molar-refractivity contribution in [1.82, 2.24) is 5.32 Å². The van der Waals surface area contributed by atoms with Crippen LogP contribution in [0.2, 0.25) is 0 Å². The van der Waals surface area contributed by atoms with Gasteiger partial charge in [-0.25, -0.2) is 0 Å². The number of carbonyl (C=O) groups is 1. The van der Waals surface area contributed by atoms with Crippen molar-refractivity contribution < 1.29 is 58.7 Å². The number of aliphatic hydroxyl groups is 5. The molecule has 0 spiro atoms. The minimum absolute atomic E-state index is 0.0429. The molecule has 0 aromatic heterocycles. The van der Waals surface area contributed by atoms with Crippen LogP contribution in [0.4, 0.5) is 0 Å². The second-order valence-electron chi connectivity index (χ2n) is 11.7. The van der Waals surface area contributed by atoms with E-state index in [1.165, 1.54) is 7.05 Å². The van der Waals surface area contributed by atoms with E-state index in [0.717, 1.165) is 38.5 Å². The summed E-state index contributed by atoms with van der Waals surface area (Å²) in [5.41, 5.74) is 0. The van der Waals surface area contributed by atoms with Gasteiger partial charge in [0, 0.05) is 13.7 Å². The van der Waals surface area contributed by atoms with E-state index in [2.05, 4.69) is 5.32 Å². The standard InChI is InChI=1S/C28H49NO12/c1-4-15-9-8-11-16(23(15)41-27-22(34)21(33)19(31)14(2)37-27)39-28-25-24(20(32)18(13-30)40-28)38-17(26(35)29-3)10-6-5-7-12-36-25/h14-25,27-28,30-34H,4-13H2,1-3H3,(H,29,35). The number of hydrogen-bond donors (Lipinski definition) is 6. The van der Waals surface area contributed by atoms with E-state index in [1.54, 1.807) is 6.92 Å². The van der Waals surface area contributed by atoms with Crippen LogP contribution in [0.15, 0.2) is 0 Å². The summed E-state index contributed by atoms with van der Waals surface area (Å²) in [4.78, 5) is 12.6. The Bertz CT molecular complexity index is 821. The number of hydrogen-bond acceptors (Lipinski definition) is 12. The van der Waals surface area contributed by atoms with Crippen molar-refractivity contribution in [3.05, 3.63) is 0 Å². The van der Waals surface area contributed by atoms with E-state index in [0.29, 0.717) is 19.4 Å². The Kier molecular flexibility index (Phi) is 12.2. The monoisotopic (exact) mass is 591 g/mol. The molecule has 41 heavy (non-hydrogen) atoms. The normalized spacial score (nSPS) is 46.3. The van der Waals surface area contributed by atoms with Gasteiger partial charge >= 0.3 is 0 Å². The predicted molar refractivity (Wildman–Crippen MR) is 142 cm³/mol. The summed E-state index contributed by atoms with van der Waals surface area (Å²) in [6.07, 6.45) is -7.36. The van der Waals surface area contributed by atoms with Crippen LogP contribution in [0.5, 0.6) is 0 Å². The van der Waals surface area contributed by atoms with Crippen LogP contribution < -0.4 is 5.32 Å². The van der Waals surface area contributed by atoms with Crippen molar-refractivity contribution in [1.29, 1.82) is 0 Å². The number of fused-ring (bicyclic) bond motifs is 1. The lowest BCUT2D eigenvalue weighted by molar-refractivity contribution is -0.353. The molecule has 6 N–H and O–H groups in total. The number of aliphatic hydroxyl groups excluding tert-OH is 5. The zero-order valence-electron chi connectivity index (χ0n) is 24.2. The van der Waals surface area contributed by atoms with Crippen molar-refractivity contribution >= 4 is 5.91 Å². The molecule has 3 aliphatic heterocycles. The fourth-order valence-corrected chi connectivity index (χ4v) is 6.37. The summed E-state index contributed by atoms with van der Waals surface area (Å²) >= 11 is 0. The SMILES string of the molecule is CCC1CCCC(OC2OC(CO)C(O)C3OC(C(=O)NC)CCCCCOC23)C1OC1OC(C)C(O)C(O)C1O. The molecule has 13 nitrogen and oxygen atoms in total. The van der Waals surface area contributed by atoms with Crippen molar-refractivity contribution in [2.24, 2.45) is 5.92 Å². The molecule has 4 aliphatic rings. The molecule has 1 saturated carbocycles. The second-order valence-corrected chi connectivity index (χ2v) is 11.7. The van der Waals surface area contributed by atoms with Gasteiger partial charge in [0.25, 0.3) is 0 Å². The Morgan fingerprint density at radius 3 is 2.34 bits per heavy atom. The highest BCUT2D eigenvalue weighted by molar-refractivity contribution is 5.80. The van der Waals surface area contributed by atoms with Crippen LogP contribution >= 0.6 is 0 Å². The molecule has 14 unspecified atom stereocenters. The lowest BCUT2D eigenvalue weighted by atomic mass is 9.82. The van der Waals surface area contributed by atoms with Gasteiger partial charge in [0.05, 0.1) is 24.9 Å². The minimum atomic E-state index is -1.46. The van der Waals surface area contributed by atoms with Gasteiger partial charge in [-0.3, -0.25) is 4.79 Å². The molecular formula is C28H49NO12. The first-order valence-electron chi connectivity index (χ1n) is 15.1. The minimum Gasteiger partial charge on any atom is -0.394 e. The van der Waals surface area contributed by atoms with E-state index in [-0.39, 0.29) is 11.8 Å². The number of ether oxygens (including phenoxy) is 6. The van der Waals surface area contributed by atoms with Crippen LogP contribution in [0.3, 0.4) is 0 Å². The molecule has 1 aliphatic carbocycles. The topological polar surface area (TPSA) is 186 Å². The van der Waals surface area contributed by atoms with Crippen LogP contribution in [-0.2, 0) is 33.2 Å². The highest BCUT2D eigenvalue weighted by atomic mass is 16.7. The highest BCUT2D eigenvalue weighted by Crippen LogP contribution is 2.37. The lowest BCUT2D eigenvalue weighted by Gasteiger charge is -2.48. The number of nitrogens with one attached hydrogen (secondary N) is 1. The number of likely N-dealkylation sites (N-methyl/N-ethyl adjacent to an activating group) is 1. The van der Waals surface area contributed by atoms with Gasteiger partial charge in [0.1, 0.15) is 48.8 Å². The Morgan fingerprint density at radius 1 is 0.854 bits per heavy atom. The largest absolute Gasteiger partial charge is 0.394 e. The molecule has 238 valence electrons. The Labute approximate surface area is 241 Å². The zero-order valence-corrected chi connectivity index (χ0v) is 24.2. The average molecular weight is 592 g/mol. The third-order valence-electron chi connectivity index (χ3n) is 8.91. The summed E-state index contributed by atoms with van der Waals surface area (Å²) in [6.45, 7) is 3.50. The molecule has 13 heteroatoms. The smallest absolute Gasteiger partial charge is 0.248 e. The maximum Gasteiger partial charge on any atom is 0.248 e. The number of carbonyl (C=O) groups excluding carboxylic acids is 1. The molecule has 0 aromatic carbocycles. The molecule has 0 aromatic rings. The Hall–Kier alpha value is -0.970. The predicted octanol–water partition coefficient (Wildman–Crippen LogP) is -0.668. The van der Waals surface area contributed by atoms with E-state index >= 15 is 0 Å². The van der Waals surface area contributed by atoms with Gasteiger partial charge in [-0.1, -0.05) is 32.6 Å². The molecule has 1 amide bonds. The fraction of sp³-hybridized carbons (Fsp3) is 0.964. The van der Waals surface area contributed by atoms with Gasteiger partial charge in [0.15, 0.2) is 12.6 Å². The van der Waals surface area contributed by atoms with Crippen molar-refractivity contribution in [2.75, 3.05) is 20.3 Å². The third-order valence-corrected chi connectivity index (χ3v) is 8.91. The number of rotatable bonds is 7. The molecule has 0 bridgehead atoms. The lowest BCUT2D eigenvalue weighted by Crippen LogP contribution is -2.64. The van der Waals surface area contributed by atoms with Crippen LogP contribution in [0.1, 0.15) is 65.2 Å². The second kappa shape index (κ2) is 15.2. The molecule has 3 saturated heterocycles. The summed E-state index contributed by atoms with van der Waals surface area (Å²) in [5, 5.41) is 54.8. The van der Waals surface area contributed by atoms with Crippen LogP contribution in [0.25, 0.3) is 0 Å². The Morgan fingerprint density at radius 2 is 1.63 bits per heavy atom. The zero-order chi connectivity index (χ0) is 29.7. The van der Waals surface area contributed by atoms with Crippen molar-refractivity contribution in [2.45, 2.75) is 145 Å². The molecule has 3 heterocycles. The van der Waals surface area contributed by atoms with E-state index in [4.69, 9.17) is 28.4 Å². The fourth-order valence-electron chi connectivity index (χ4n) is 6.37. The molecule has 14 atom stereocenters.